The molecule has 2 heterocycles. The van der Waals surface area contributed by atoms with Crippen molar-refractivity contribution in [2.45, 2.75) is 6.92 Å². The van der Waals surface area contributed by atoms with Crippen LogP contribution >= 0.6 is 38.9 Å². The third kappa shape index (κ3) is 3.14. The smallest absolute Gasteiger partial charge is 0.196 e. The first-order valence-corrected chi connectivity index (χ1v) is 8.62. The van der Waals surface area contributed by atoms with Gasteiger partial charge in [0.15, 0.2) is 5.78 Å². The topological polar surface area (TPSA) is 30.0 Å². The van der Waals surface area contributed by atoms with E-state index in [1.54, 1.807) is 6.08 Å². The number of pyridine rings is 1. The number of carbonyl (C=O) groups excluding carboxylic acids is 1. The van der Waals surface area contributed by atoms with Crippen molar-refractivity contribution in [1.82, 2.24) is 4.98 Å². The van der Waals surface area contributed by atoms with Gasteiger partial charge in [0.05, 0.1) is 10.4 Å². The molecule has 0 fully saturated rings. The van der Waals surface area contributed by atoms with Gasteiger partial charge in [-0.1, -0.05) is 23.7 Å². The highest BCUT2D eigenvalue weighted by atomic mass is 79.9. The zero-order chi connectivity index (χ0) is 15.7. The second-order valence-corrected chi connectivity index (χ2v) is 6.99. The lowest BCUT2D eigenvalue weighted by Crippen LogP contribution is -1.91. The van der Waals surface area contributed by atoms with E-state index in [2.05, 4.69) is 20.9 Å². The normalized spacial score (nSPS) is 11.4. The van der Waals surface area contributed by atoms with Crippen molar-refractivity contribution < 1.29 is 4.79 Å². The minimum atomic E-state index is -0.0538. The highest BCUT2D eigenvalue weighted by Gasteiger charge is 2.09. The van der Waals surface area contributed by atoms with Gasteiger partial charge in [-0.3, -0.25) is 4.79 Å². The summed E-state index contributed by atoms with van der Waals surface area (Å²) in [5.74, 6) is -0.0538. The second kappa shape index (κ2) is 6.32. The van der Waals surface area contributed by atoms with E-state index < -0.39 is 0 Å². The molecule has 0 N–H and O–H groups in total. The molecule has 0 aliphatic heterocycles. The summed E-state index contributed by atoms with van der Waals surface area (Å²) >= 11 is 11.0. The number of hydrogen-bond acceptors (Lipinski definition) is 3. The molecule has 0 aliphatic carbocycles. The number of fused-ring (bicyclic) bond motifs is 1. The Bertz CT molecular complexity index is 901. The molecule has 0 unspecified atom stereocenters. The van der Waals surface area contributed by atoms with Crippen LogP contribution in [-0.2, 0) is 0 Å². The van der Waals surface area contributed by atoms with E-state index in [9.17, 15) is 4.79 Å². The van der Waals surface area contributed by atoms with Crippen molar-refractivity contribution in [1.29, 1.82) is 0 Å². The van der Waals surface area contributed by atoms with Gasteiger partial charge in [-0.05, 0) is 64.1 Å². The van der Waals surface area contributed by atoms with E-state index in [0.717, 1.165) is 26.5 Å². The Morgan fingerprint density at radius 1 is 1.32 bits per heavy atom. The number of rotatable bonds is 3. The van der Waals surface area contributed by atoms with Crippen LogP contribution in [-0.4, -0.2) is 10.8 Å². The molecule has 3 aromatic rings. The number of aromatic nitrogens is 1. The Labute approximate surface area is 145 Å². The fourth-order valence-electron chi connectivity index (χ4n) is 2.10. The average Bonchev–Trinajstić information content (AvgIpc) is 2.91. The van der Waals surface area contributed by atoms with Crippen molar-refractivity contribution in [2.24, 2.45) is 0 Å². The molecule has 0 aliphatic rings. The van der Waals surface area contributed by atoms with Gasteiger partial charge >= 0.3 is 0 Å². The lowest BCUT2D eigenvalue weighted by Gasteiger charge is -2.03. The van der Waals surface area contributed by atoms with Crippen LogP contribution < -0.4 is 0 Å². The summed E-state index contributed by atoms with van der Waals surface area (Å²) < 4.78 is 0.811. The van der Waals surface area contributed by atoms with Gasteiger partial charge in [-0.25, -0.2) is 4.98 Å². The SMILES string of the molecule is Cc1ccc2cc(/C=C/C(=O)c3sccc3Br)c(Cl)nc2c1. The summed E-state index contributed by atoms with van der Waals surface area (Å²) in [4.78, 5) is 17.2. The summed E-state index contributed by atoms with van der Waals surface area (Å²) in [6, 6.07) is 9.82. The van der Waals surface area contributed by atoms with Gasteiger partial charge in [0.2, 0.25) is 0 Å². The third-order valence-electron chi connectivity index (χ3n) is 3.21. The zero-order valence-corrected chi connectivity index (χ0v) is 14.8. The first-order valence-electron chi connectivity index (χ1n) is 6.57. The van der Waals surface area contributed by atoms with E-state index in [4.69, 9.17) is 11.6 Å². The number of allylic oxidation sites excluding steroid dienone is 1. The molecular formula is C17H11BrClNOS. The second-order valence-electron chi connectivity index (χ2n) is 4.86. The molecule has 0 bridgehead atoms. The standard InChI is InChI=1S/C17H11BrClNOS/c1-10-2-3-11-9-12(17(19)20-14(11)8-10)4-5-15(21)16-13(18)6-7-22-16/h2-9H,1H3/b5-4+. The lowest BCUT2D eigenvalue weighted by molar-refractivity contribution is 0.105. The maximum Gasteiger partial charge on any atom is 0.196 e. The Kier molecular flexibility index (Phi) is 4.43. The number of ketones is 1. The molecule has 0 saturated heterocycles. The molecule has 0 amide bonds. The van der Waals surface area contributed by atoms with Crippen molar-refractivity contribution in [3.05, 3.63) is 67.4 Å². The number of benzene rings is 1. The molecule has 3 rings (SSSR count). The summed E-state index contributed by atoms with van der Waals surface area (Å²) in [5, 5.41) is 3.27. The van der Waals surface area contributed by atoms with E-state index >= 15 is 0 Å². The Morgan fingerprint density at radius 3 is 2.86 bits per heavy atom. The summed E-state index contributed by atoms with van der Waals surface area (Å²) in [6.45, 7) is 2.01. The Morgan fingerprint density at radius 2 is 2.14 bits per heavy atom. The fraction of sp³-hybridized carbons (Fsp3) is 0.0588. The molecule has 1 aromatic carbocycles. The van der Waals surface area contributed by atoms with Gasteiger partial charge in [0, 0.05) is 15.4 Å². The van der Waals surface area contributed by atoms with Crippen LogP contribution in [0.3, 0.4) is 0 Å². The minimum absolute atomic E-state index is 0.0538. The fourth-order valence-corrected chi connectivity index (χ4v) is 3.79. The maximum absolute atomic E-state index is 12.1. The monoisotopic (exact) mass is 391 g/mol. The highest BCUT2D eigenvalue weighted by Crippen LogP contribution is 2.25. The number of hydrogen-bond donors (Lipinski definition) is 0. The van der Waals surface area contributed by atoms with Gasteiger partial charge in [0.1, 0.15) is 5.15 Å². The number of thiophene rings is 1. The van der Waals surface area contributed by atoms with Crippen molar-refractivity contribution in [3.63, 3.8) is 0 Å². The zero-order valence-electron chi connectivity index (χ0n) is 11.6. The summed E-state index contributed by atoms with van der Waals surface area (Å²) in [5.41, 5.74) is 2.73. The van der Waals surface area contributed by atoms with Crippen LogP contribution in [0.4, 0.5) is 0 Å². The lowest BCUT2D eigenvalue weighted by atomic mass is 10.1. The van der Waals surface area contributed by atoms with Gasteiger partial charge in [0.25, 0.3) is 0 Å². The first-order chi connectivity index (χ1) is 10.5. The van der Waals surface area contributed by atoms with Crippen LogP contribution in [0.2, 0.25) is 5.15 Å². The third-order valence-corrected chi connectivity index (χ3v) is 5.36. The minimum Gasteiger partial charge on any atom is -0.288 e. The van der Waals surface area contributed by atoms with Crippen LogP contribution in [0.5, 0.6) is 0 Å². The van der Waals surface area contributed by atoms with Crippen molar-refractivity contribution in [2.75, 3.05) is 0 Å². The summed E-state index contributed by atoms with van der Waals surface area (Å²) in [6.07, 6.45) is 3.24. The summed E-state index contributed by atoms with van der Waals surface area (Å²) in [7, 11) is 0. The molecule has 22 heavy (non-hydrogen) atoms. The Hall–Kier alpha value is -1.49. The van der Waals surface area contributed by atoms with Gasteiger partial charge < -0.3 is 0 Å². The Balaban J connectivity index is 1.95. The molecular weight excluding hydrogens is 382 g/mol. The molecule has 5 heteroatoms. The predicted molar refractivity (Wildman–Crippen MR) is 96.9 cm³/mol. The molecule has 0 atom stereocenters. The first kappa shape index (κ1) is 15.4. The van der Waals surface area contributed by atoms with Crippen LogP contribution in [0.25, 0.3) is 17.0 Å². The molecule has 2 nitrogen and oxygen atoms in total. The van der Waals surface area contributed by atoms with Gasteiger partial charge in [-0.2, -0.15) is 0 Å². The highest BCUT2D eigenvalue weighted by molar-refractivity contribution is 9.10. The molecule has 0 spiro atoms. The van der Waals surface area contributed by atoms with E-state index in [-0.39, 0.29) is 5.78 Å². The number of aryl methyl sites for hydroxylation is 1. The van der Waals surface area contributed by atoms with Crippen molar-refractivity contribution >= 4 is 61.6 Å². The number of halogens is 2. The number of carbonyl (C=O) groups is 1. The van der Waals surface area contributed by atoms with Crippen LogP contribution in [0.15, 0.2) is 46.3 Å². The molecule has 0 radical (unpaired) electrons. The van der Waals surface area contributed by atoms with Crippen LogP contribution in [0.1, 0.15) is 20.8 Å². The van der Waals surface area contributed by atoms with Crippen molar-refractivity contribution in [3.8, 4) is 0 Å². The predicted octanol–water partition coefficient (Wildman–Crippen LogP) is 5.92. The molecule has 110 valence electrons. The van der Waals surface area contributed by atoms with E-state index in [0.29, 0.717) is 10.0 Å². The average molecular weight is 393 g/mol. The van der Waals surface area contributed by atoms with E-state index in [1.807, 2.05) is 42.6 Å². The molecule has 2 aromatic heterocycles. The van der Waals surface area contributed by atoms with E-state index in [1.165, 1.54) is 17.4 Å². The molecule has 0 saturated carbocycles. The largest absolute Gasteiger partial charge is 0.288 e. The quantitative estimate of drug-likeness (QED) is 0.315. The maximum atomic E-state index is 12.1. The number of nitrogens with zero attached hydrogens (tertiary/aromatic N) is 1. The van der Waals surface area contributed by atoms with Crippen LogP contribution in [0, 0.1) is 6.92 Å². The van der Waals surface area contributed by atoms with Gasteiger partial charge in [-0.15, -0.1) is 11.3 Å².